The summed E-state index contributed by atoms with van der Waals surface area (Å²) < 4.78 is 0. The van der Waals surface area contributed by atoms with Gasteiger partial charge >= 0.3 is 0 Å². The molecule has 1 heterocycles. The van der Waals surface area contributed by atoms with Crippen molar-refractivity contribution in [1.29, 1.82) is 0 Å². The second-order valence-corrected chi connectivity index (χ2v) is 6.23. The molecule has 0 spiro atoms. The van der Waals surface area contributed by atoms with Crippen LogP contribution in [0.2, 0.25) is 0 Å². The molecule has 0 saturated carbocycles. The van der Waals surface area contributed by atoms with Crippen molar-refractivity contribution < 1.29 is 0 Å². The molecule has 2 aromatic carbocycles. The molecule has 1 heteroatoms. The molecule has 0 bridgehead atoms. The minimum absolute atomic E-state index is 0.610. The summed E-state index contributed by atoms with van der Waals surface area (Å²) in [6.07, 6.45) is 5.57. The number of nitrogens with zero attached hydrogens (tertiary/aromatic N) is 1. The average Bonchev–Trinajstić information content (AvgIpc) is 2.75. The van der Waals surface area contributed by atoms with Gasteiger partial charge in [-0.3, -0.25) is 0 Å². The van der Waals surface area contributed by atoms with Crippen LogP contribution < -0.4 is 4.90 Å². The zero-order valence-electron chi connectivity index (χ0n) is 13.4. The molecule has 0 saturated heterocycles. The lowest BCUT2D eigenvalue weighted by atomic mass is 10.0. The SMILES string of the molecule is Cc1ccc(/C=C/c2ccc3c(c2)CC(C)N3C)cc1C. The molecule has 0 aliphatic carbocycles. The van der Waals surface area contributed by atoms with Crippen LogP contribution in [-0.2, 0) is 6.42 Å². The van der Waals surface area contributed by atoms with Crippen LogP contribution in [0.5, 0.6) is 0 Å². The van der Waals surface area contributed by atoms with E-state index in [4.69, 9.17) is 0 Å². The summed E-state index contributed by atoms with van der Waals surface area (Å²) in [6, 6.07) is 14.0. The molecule has 0 N–H and O–H groups in total. The van der Waals surface area contributed by atoms with Gasteiger partial charge in [0.25, 0.3) is 0 Å². The predicted molar refractivity (Wildman–Crippen MR) is 92.9 cm³/mol. The third-order valence-electron chi connectivity index (χ3n) is 4.66. The number of fused-ring (bicyclic) bond motifs is 1. The summed E-state index contributed by atoms with van der Waals surface area (Å²) in [5.74, 6) is 0. The van der Waals surface area contributed by atoms with Crippen LogP contribution in [0.25, 0.3) is 12.2 Å². The summed E-state index contributed by atoms with van der Waals surface area (Å²) in [7, 11) is 2.18. The molecule has 1 aliphatic heterocycles. The number of benzene rings is 2. The van der Waals surface area contributed by atoms with Crippen molar-refractivity contribution in [2.45, 2.75) is 33.2 Å². The fourth-order valence-electron chi connectivity index (χ4n) is 2.97. The number of rotatable bonds is 2. The molecule has 2 aromatic rings. The molecule has 108 valence electrons. The molecule has 0 fully saturated rings. The van der Waals surface area contributed by atoms with Gasteiger partial charge in [0.05, 0.1) is 0 Å². The molecule has 3 rings (SSSR count). The van der Waals surface area contributed by atoms with Gasteiger partial charge in [-0.2, -0.15) is 0 Å². The van der Waals surface area contributed by atoms with Crippen LogP contribution >= 0.6 is 0 Å². The highest BCUT2D eigenvalue weighted by atomic mass is 15.1. The summed E-state index contributed by atoms with van der Waals surface area (Å²) in [6.45, 7) is 6.60. The molecule has 1 unspecified atom stereocenters. The van der Waals surface area contributed by atoms with Gasteiger partial charge in [-0.05, 0) is 67.1 Å². The Morgan fingerprint density at radius 2 is 1.62 bits per heavy atom. The normalized spacial score (nSPS) is 17.5. The minimum Gasteiger partial charge on any atom is -0.371 e. The number of aryl methyl sites for hydroxylation is 2. The Morgan fingerprint density at radius 3 is 2.33 bits per heavy atom. The van der Waals surface area contributed by atoms with Crippen molar-refractivity contribution in [3.05, 3.63) is 64.2 Å². The van der Waals surface area contributed by atoms with Crippen molar-refractivity contribution in [2.75, 3.05) is 11.9 Å². The summed E-state index contributed by atoms with van der Waals surface area (Å²) in [4.78, 5) is 2.37. The van der Waals surface area contributed by atoms with E-state index in [9.17, 15) is 0 Å². The average molecular weight is 277 g/mol. The van der Waals surface area contributed by atoms with Gasteiger partial charge in [0, 0.05) is 18.8 Å². The third kappa shape index (κ3) is 2.73. The Kier molecular flexibility index (Phi) is 3.59. The molecule has 1 aliphatic rings. The van der Waals surface area contributed by atoms with E-state index >= 15 is 0 Å². The number of likely N-dealkylation sites (N-methyl/N-ethyl adjacent to an activating group) is 1. The molecular formula is C20H23N. The first kappa shape index (κ1) is 13.9. The van der Waals surface area contributed by atoms with E-state index in [0.29, 0.717) is 6.04 Å². The van der Waals surface area contributed by atoms with Crippen LogP contribution in [0, 0.1) is 13.8 Å². The van der Waals surface area contributed by atoms with E-state index < -0.39 is 0 Å². The Balaban J connectivity index is 1.84. The van der Waals surface area contributed by atoms with E-state index in [1.54, 1.807) is 0 Å². The van der Waals surface area contributed by atoms with Gasteiger partial charge in [0.2, 0.25) is 0 Å². The fourth-order valence-corrected chi connectivity index (χ4v) is 2.97. The first-order valence-electron chi connectivity index (χ1n) is 7.65. The standard InChI is InChI=1S/C20H23N/c1-14-5-6-17(11-15(14)2)7-8-18-9-10-20-19(13-18)12-16(3)21(20)4/h5-11,13,16H,12H2,1-4H3/b8-7+. The van der Waals surface area contributed by atoms with E-state index in [1.807, 2.05) is 0 Å². The Labute approximate surface area is 127 Å². The first-order chi connectivity index (χ1) is 10.0. The van der Waals surface area contributed by atoms with Crippen molar-refractivity contribution >= 4 is 17.8 Å². The summed E-state index contributed by atoms with van der Waals surface area (Å²) >= 11 is 0. The Morgan fingerprint density at radius 1 is 0.952 bits per heavy atom. The molecule has 1 atom stereocenters. The maximum absolute atomic E-state index is 2.37. The van der Waals surface area contributed by atoms with E-state index in [1.165, 1.54) is 33.5 Å². The Hall–Kier alpha value is -2.02. The van der Waals surface area contributed by atoms with Crippen molar-refractivity contribution in [1.82, 2.24) is 0 Å². The fraction of sp³-hybridized carbons (Fsp3) is 0.300. The summed E-state index contributed by atoms with van der Waals surface area (Å²) in [5, 5.41) is 0. The smallest absolute Gasteiger partial charge is 0.0399 e. The zero-order chi connectivity index (χ0) is 15.0. The van der Waals surface area contributed by atoms with Crippen molar-refractivity contribution in [3.63, 3.8) is 0 Å². The van der Waals surface area contributed by atoms with Crippen molar-refractivity contribution in [3.8, 4) is 0 Å². The second kappa shape index (κ2) is 5.40. The van der Waals surface area contributed by atoms with E-state index in [2.05, 4.69) is 81.3 Å². The lowest BCUT2D eigenvalue weighted by Gasteiger charge is -2.18. The van der Waals surface area contributed by atoms with Gasteiger partial charge in [-0.25, -0.2) is 0 Å². The second-order valence-electron chi connectivity index (χ2n) is 6.23. The molecule has 0 radical (unpaired) electrons. The van der Waals surface area contributed by atoms with Gasteiger partial charge < -0.3 is 4.90 Å². The first-order valence-corrected chi connectivity index (χ1v) is 7.65. The van der Waals surface area contributed by atoms with Crippen LogP contribution in [0.1, 0.15) is 34.7 Å². The highest BCUT2D eigenvalue weighted by Gasteiger charge is 2.22. The van der Waals surface area contributed by atoms with Gasteiger partial charge in [-0.1, -0.05) is 36.4 Å². The van der Waals surface area contributed by atoms with Crippen LogP contribution in [-0.4, -0.2) is 13.1 Å². The monoisotopic (exact) mass is 277 g/mol. The Bertz CT molecular complexity index is 697. The van der Waals surface area contributed by atoms with Crippen LogP contribution in [0.3, 0.4) is 0 Å². The lowest BCUT2D eigenvalue weighted by Crippen LogP contribution is -2.23. The lowest BCUT2D eigenvalue weighted by molar-refractivity contribution is 0.732. The third-order valence-corrected chi connectivity index (χ3v) is 4.66. The minimum atomic E-state index is 0.610. The largest absolute Gasteiger partial charge is 0.371 e. The maximum atomic E-state index is 2.37. The number of anilines is 1. The maximum Gasteiger partial charge on any atom is 0.0399 e. The molecular weight excluding hydrogens is 254 g/mol. The van der Waals surface area contributed by atoms with Crippen LogP contribution in [0.15, 0.2) is 36.4 Å². The van der Waals surface area contributed by atoms with Gasteiger partial charge in [-0.15, -0.1) is 0 Å². The molecule has 21 heavy (non-hydrogen) atoms. The van der Waals surface area contributed by atoms with Crippen LogP contribution in [0.4, 0.5) is 5.69 Å². The molecule has 0 aromatic heterocycles. The predicted octanol–water partition coefficient (Wildman–Crippen LogP) is 4.85. The highest BCUT2D eigenvalue weighted by Crippen LogP contribution is 2.31. The number of hydrogen-bond donors (Lipinski definition) is 0. The number of hydrogen-bond acceptors (Lipinski definition) is 1. The summed E-state index contributed by atoms with van der Waals surface area (Å²) in [5.41, 5.74) is 8.10. The quantitative estimate of drug-likeness (QED) is 0.709. The van der Waals surface area contributed by atoms with E-state index in [-0.39, 0.29) is 0 Å². The van der Waals surface area contributed by atoms with Gasteiger partial charge in [0.1, 0.15) is 0 Å². The zero-order valence-corrected chi connectivity index (χ0v) is 13.4. The molecule has 0 amide bonds. The van der Waals surface area contributed by atoms with Gasteiger partial charge in [0.15, 0.2) is 0 Å². The highest BCUT2D eigenvalue weighted by molar-refractivity contribution is 5.72. The topological polar surface area (TPSA) is 3.24 Å². The van der Waals surface area contributed by atoms with E-state index in [0.717, 1.165) is 6.42 Å². The molecule has 1 nitrogen and oxygen atoms in total. The van der Waals surface area contributed by atoms with Crippen molar-refractivity contribution in [2.24, 2.45) is 0 Å².